The van der Waals surface area contributed by atoms with E-state index in [0.717, 1.165) is 22.3 Å². The number of aliphatic hydroxyl groups excluding tert-OH is 1. The van der Waals surface area contributed by atoms with E-state index in [-0.39, 0.29) is 12.2 Å². The van der Waals surface area contributed by atoms with Crippen LogP contribution in [0.3, 0.4) is 0 Å². The summed E-state index contributed by atoms with van der Waals surface area (Å²) in [5, 5.41) is 12.3. The number of benzene rings is 4. The van der Waals surface area contributed by atoms with E-state index in [1.54, 1.807) is 0 Å². The normalized spacial score (nSPS) is 18.7. The van der Waals surface area contributed by atoms with Gasteiger partial charge in [-0.25, -0.2) is 0 Å². The summed E-state index contributed by atoms with van der Waals surface area (Å²) >= 11 is 0. The summed E-state index contributed by atoms with van der Waals surface area (Å²) in [6.07, 6.45) is 1.05. The lowest BCUT2D eigenvalue weighted by molar-refractivity contribution is -0.0448. The zero-order chi connectivity index (χ0) is 21.0. The molecule has 3 nitrogen and oxygen atoms in total. The molecule has 0 saturated carbocycles. The number of ether oxygens (including phenoxy) is 2. The summed E-state index contributed by atoms with van der Waals surface area (Å²) in [6.45, 7) is 1.10. The Kier molecular flexibility index (Phi) is 5.70. The van der Waals surface area contributed by atoms with E-state index in [4.69, 9.17) is 9.47 Å². The third-order valence-electron chi connectivity index (χ3n) is 5.92. The molecule has 0 aliphatic carbocycles. The quantitative estimate of drug-likeness (QED) is 0.420. The Balaban J connectivity index is 1.33. The van der Waals surface area contributed by atoms with E-state index in [1.165, 1.54) is 16.5 Å². The molecule has 0 spiro atoms. The number of fused-ring (bicyclic) bond motifs is 1. The molecule has 0 radical (unpaired) electrons. The lowest BCUT2D eigenvalue weighted by Gasteiger charge is -2.27. The van der Waals surface area contributed by atoms with Crippen LogP contribution in [0.2, 0.25) is 0 Å². The first-order valence-electron chi connectivity index (χ1n) is 10.9. The number of rotatable bonds is 5. The van der Waals surface area contributed by atoms with Crippen molar-refractivity contribution >= 4 is 10.8 Å². The molecule has 3 heteroatoms. The second-order valence-corrected chi connectivity index (χ2v) is 8.13. The second-order valence-electron chi connectivity index (χ2n) is 8.13. The van der Waals surface area contributed by atoms with Crippen molar-refractivity contribution in [3.05, 3.63) is 102 Å². The van der Waals surface area contributed by atoms with Crippen LogP contribution in [0.5, 0.6) is 5.75 Å². The van der Waals surface area contributed by atoms with Gasteiger partial charge in [0.05, 0.1) is 12.2 Å². The van der Waals surface area contributed by atoms with E-state index in [2.05, 4.69) is 72.8 Å². The topological polar surface area (TPSA) is 38.7 Å². The van der Waals surface area contributed by atoms with Gasteiger partial charge in [-0.2, -0.15) is 0 Å². The van der Waals surface area contributed by atoms with Gasteiger partial charge in [0.1, 0.15) is 12.4 Å². The summed E-state index contributed by atoms with van der Waals surface area (Å²) < 4.78 is 12.0. The number of hydrogen-bond acceptors (Lipinski definition) is 3. The maximum Gasteiger partial charge on any atom is 0.120 e. The highest BCUT2D eigenvalue weighted by atomic mass is 16.5. The van der Waals surface area contributed by atoms with Crippen molar-refractivity contribution in [2.75, 3.05) is 6.61 Å². The van der Waals surface area contributed by atoms with Crippen molar-refractivity contribution in [2.24, 2.45) is 0 Å². The molecule has 2 atom stereocenters. The molecule has 1 aliphatic rings. The molecular weight excluding hydrogens is 384 g/mol. The molecule has 1 saturated heterocycles. The lowest BCUT2D eigenvalue weighted by atomic mass is 9.98. The number of aliphatic hydroxyl groups is 1. The van der Waals surface area contributed by atoms with Gasteiger partial charge in [0, 0.05) is 13.0 Å². The Morgan fingerprint density at radius 2 is 1.74 bits per heavy atom. The molecule has 2 unspecified atom stereocenters. The summed E-state index contributed by atoms with van der Waals surface area (Å²) in [6, 6.07) is 31.4. The largest absolute Gasteiger partial charge is 0.489 e. The molecule has 0 aromatic heterocycles. The van der Waals surface area contributed by atoms with Crippen LogP contribution >= 0.6 is 0 Å². The summed E-state index contributed by atoms with van der Waals surface area (Å²) in [7, 11) is 0. The van der Waals surface area contributed by atoms with Crippen LogP contribution in [0, 0.1) is 0 Å². The standard InChI is InChI=1S/C28H26O3/c29-24-14-15-30-28(18-24)23-10-4-6-20(16-23)19-31-25-12-13-27-22(17-25)9-5-11-26(27)21-7-2-1-3-8-21/h1-13,16-17,24,28-29H,14-15,18-19H2. The van der Waals surface area contributed by atoms with Crippen molar-refractivity contribution in [1.29, 1.82) is 0 Å². The molecule has 4 aromatic carbocycles. The fraction of sp³-hybridized carbons (Fsp3) is 0.214. The Hall–Kier alpha value is -3.14. The van der Waals surface area contributed by atoms with Crippen molar-refractivity contribution in [3.63, 3.8) is 0 Å². The smallest absolute Gasteiger partial charge is 0.120 e. The molecule has 1 heterocycles. The van der Waals surface area contributed by atoms with E-state index in [1.807, 2.05) is 18.2 Å². The Bertz CT molecular complexity index is 1170. The minimum atomic E-state index is -0.281. The van der Waals surface area contributed by atoms with E-state index in [9.17, 15) is 5.11 Å². The molecule has 31 heavy (non-hydrogen) atoms. The first-order chi connectivity index (χ1) is 15.3. The fourth-order valence-corrected chi connectivity index (χ4v) is 4.28. The maximum atomic E-state index is 9.94. The Morgan fingerprint density at radius 1 is 0.871 bits per heavy atom. The van der Waals surface area contributed by atoms with Crippen molar-refractivity contribution in [3.8, 4) is 16.9 Å². The van der Waals surface area contributed by atoms with Crippen LogP contribution < -0.4 is 4.74 Å². The van der Waals surface area contributed by atoms with E-state index in [0.29, 0.717) is 26.1 Å². The first-order valence-corrected chi connectivity index (χ1v) is 10.9. The molecule has 1 fully saturated rings. The van der Waals surface area contributed by atoms with Crippen LogP contribution in [0.15, 0.2) is 91.0 Å². The van der Waals surface area contributed by atoms with Gasteiger partial charge in [-0.05, 0) is 57.6 Å². The summed E-state index contributed by atoms with van der Waals surface area (Å²) in [5.74, 6) is 0.854. The summed E-state index contributed by atoms with van der Waals surface area (Å²) in [5.41, 5.74) is 4.64. The van der Waals surface area contributed by atoms with Crippen molar-refractivity contribution in [2.45, 2.75) is 31.7 Å². The molecule has 156 valence electrons. The summed E-state index contributed by atoms with van der Waals surface area (Å²) in [4.78, 5) is 0. The highest BCUT2D eigenvalue weighted by Crippen LogP contribution is 2.32. The Morgan fingerprint density at radius 3 is 2.61 bits per heavy atom. The van der Waals surface area contributed by atoms with Gasteiger partial charge in [-0.15, -0.1) is 0 Å². The van der Waals surface area contributed by atoms with Crippen LogP contribution in [-0.2, 0) is 11.3 Å². The average molecular weight is 411 g/mol. The van der Waals surface area contributed by atoms with Crippen molar-refractivity contribution in [1.82, 2.24) is 0 Å². The lowest BCUT2D eigenvalue weighted by Crippen LogP contribution is -2.23. The fourth-order valence-electron chi connectivity index (χ4n) is 4.28. The van der Waals surface area contributed by atoms with Gasteiger partial charge in [-0.3, -0.25) is 0 Å². The monoisotopic (exact) mass is 410 g/mol. The number of hydrogen-bond donors (Lipinski definition) is 1. The average Bonchev–Trinajstić information content (AvgIpc) is 2.83. The van der Waals surface area contributed by atoms with Gasteiger partial charge < -0.3 is 14.6 Å². The van der Waals surface area contributed by atoms with Crippen LogP contribution in [-0.4, -0.2) is 17.8 Å². The molecular formula is C28H26O3. The van der Waals surface area contributed by atoms with Crippen molar-refractivity contribution < 1.29 is 14.6 Å². The maximum absolute atomic E-state index is 9.94. The van der Waals surface area contributed by atoms with Crippen LogP contribution in [0.1, 0.15) is 30.1 Å². The van der Waals surface area contributed by atoms with Gasteiger partial charge >= 0.3 is 0 Å². The molecule has 1 N–H and O–H groups in total. The van der Waals surface area contributed by atoms with Crippen LogP contribution in [0.25, 0.3) is 21.9 Å². The third-order valence-corrected chi connectivity index (χ3v) is 5.92. The predicted molar refractivity (Wildman–Crippen MR) is 124 cm³/mol. The molecule has 4 aromatic rings. The van der Waals surface area contributed by atoms with Gasteiger partial charge in [0.15, 0.2) is 0 Å². The minimum Gasteiger partial charge on any atom is -0.489 e. The SMILES string of the molecule is OC1CCOC(c2cccc(COc3ccc4c(-c5ccccc5)cccc4c3)c2)C1. The highest BCUT2D eigenvalue weighted by Gasteiger charge is 2.22. The molecule has 1 aliphatic heterocycles. The highest BCUT2D eigenvalue weighted by molar-refractivity contribution is 5.97. The molecule has 0 bridgehead atoms. The van der Waals surface area contributed by atoms with Gasteiger partial charge in [0.2, 0.25) is 0 Å². The Labute approximate surface area is 182 Å². The molecule has 5 rings (SSSR count). The zero-order valence-corrected chi connectivity index (χ0v) is 17.4. The van der Waals surface area contributed by atoms with Gasteiger partial charge in [0.25, 0.3) is 0 Å². The third kappa shape index (κ3) is 4.48. The van der Waals surface area contributed by atoms with E-state index >= 15 is 0 Å². The molecule has 0 amide bonds. The first kappa shape index (κ1) is 19.8. The van der Waals surface area contributed by atoms with E-state index < -0.39 is 0 Å². The predicted octanol–water partition coefficient (Wildman–Crippen LogP) is 6.30. The zero-order valence-electron chi connectivity index (χ0n) is 17.4. The minimum absolute atomic E-state index is 0.0409. The van der Waals surface area contributed by atoms with Gasteiger partial charge in [-0.1, -0.05) is 72.8 Å². The second kappa shape index (κ2) is 8.93. The van der Waals surface area contributed by atoms with Crippen LogP contribution in [0.4, 0.5) is 0 Å².